The first-order valence-electron chi connectivity index (χ1n) is 15.2. The second-order valence-corrected chi connectivity index (χ2v) is 7.95. The van der Waals surface area contributed by atoms with Gasteiger partial charge in [-0.3, -0.25) is 4.79 Å². The lowest BCUT2D eigenvalue weighted by atomic mass is 9.98. The predicted octanol–water partition coefficient (Wildman–Crippen LogP) is 4.86. The van der Waals surface area contributed by atoms with Gasteiger partial charge in [0.25, 0.3) is 0 Å². The Hall–Kier alpha value is -4.06. The molecule has 34 heavy (non-hydrogen) atoms. The highest BCUT2D eigenvalue weighted by molar-refractivity contribution is 6.00. The molecule has 0 unspecified atom stereocenters. The molecule has 0 spiro atoms. The zero-order valence-corrected chi connectivity index (χ0v) is 18.1. The van der Waals surface area contributed by atoms with E-state index in [0.717, 1.165) is 0 Å². The second kappa shape index (κ2) is 9.06. The number of carbonyl (C=O) groups excluding carboxylic acids is 1. The van der Waals surface area contributed by atoms with E-state index in [1.54, 1.807) is 47.4 Å². The van der Waals surface area contributed by atoms with E-state index < -0.39 is 21.1 Å². The standard InChI is InChI=1S/C28H27N3O3/c1-30-27(19-8-5-4-6-9-19)22(23-10-7-14-29-28(23)30)11-12-26(32)31-15-13-20-16-24(33-2)25(34-3)17-21(20)18-31/h4-12,14,16-17H,13,15,18H2,1-3H3/b12-11+/i1D3,2D3,3D3. The lowest BCUT2D eigenvalue weighted by molar-refractivity contribution is -0.126. The Kier molecular flexibility index (Phi) is 3.62. The highest BCUT2D eigenvalue weighted by atomic mass is 16.5. The number of aromatic nitrogens is 2. The molecule has 3 heterocycles. The Morgan fingerprint density at radius 2 is 1.85 bits per heavy atom. The van der Waals surface area contributed by atoms with E-state index in [1.165, 1.54) is 29.0 Å². The van der Waals surface area contributed by atoms with Crippen LogP contribution in [0.3, 0.4) is 0 Å². The summed E-state index contributed by atoms with van der Waals surface area (Å²) in [4.78, 5) is 19.3. The smallest absolute Gasteiger partial charge is 0.246 e. The Balaban J connectivity index is 1.49. The van der Waals surface area contributed by atoms with E-state index in [2.05, 4.69) is 4.98 Å². The summed E-state index contributed by atoms with van der Waals surface area (Å²) in [7, 11) is -5.67. The largest absolute Gasteiger partial charge is 0.493 e. The first-order valence-corrected chi connectivity index (χ1v) is 10.7. The molecule has 0 radical (unpaired) electrons. The monoisotopic (exact) mass is 462 g/mol. The van der Waals surface area contributed by atoms with Crippen LogP contribution in [-0.4, -0.2) is 41.0 Å². The number of carbonyl (C=O) groups is 1. The molecule has 0 aliphatic carbocycles. The molecule has 0 N–H and O–H groups in total. The van der Waals surface area contributed by atoms with Gasteiger partial charge < -0.3 is 18.9 Å². The zero-order valence-electron chi connectivity index (χ0n) is 27.1. The summed E-state index contributed by atoms with van der Waals surface area (Å²) in [5.41, 5.74) is 3.11. The Morgan fingerprint density at radius 1 is 1.06 bits per heavy atom. The van der Waals surface area contributed by atoms with Crippen molar-refractivity contribution >= 4 is 23.0 Å². The van der Waals surface area contributed by atoms with Crippen LogP contribution in [0.25, 0.3) is 28.4 Å². The van der Waals surface area contributed by atoms with Crippen molar-refractivity contribution in [2.75, 3.05) is 20.6 Å². The SMILES string of the molecule is [2H]C([2H])([2H])Oc1cc2c(cc1OC([2H])([2H])[2H])CN(C(=O)/C=C/c1c(-c3ccccc3)n(C([2H])([2H])[2H])c3ncccc13)CC2. The van der Waals surface area contributed by atoms with E-state index in [1.807, 2.05) is 6.07 Å². The van der Waals surface area contributed by atoms with Gasteiger partial charge in [-0.2, -0.15) is 0 Å². The van der Waals surface area contributed by atoms with Crippen molar-refractivity contribution in [3.8, 4) is 22.8 Å². The van der Waals surface area contributed by atoms with Crippen molar-refractivity contribution < 1.29 is 26.6 Å². The van der Waals surface area contributed by atoms with E-state index >= 15 is 0 Å². The number of methoxy groups -OCH3 is 2. The summed E-state index contributed by atoms with van der Waals surface area (Å²) in [6.07, 6.45) is 4.83. The molecular weight excluding hydrogens is 426 g/mol. The minimum atomic E-state index is -2.85. The summed E-state index contributed by atoms with van der Waals surface area (Å²) in [6, 6.07) is 15.3. The van der Waals surface area contributed by atoms with Crippen LogP contribution in [0.15, 0.2) is 66.9 Å². The number of hydrogen-bond donors (Lipinski definition) is 0. The van der Waals surface area contributed by atoms with Gasteiger partial charge >= 0.3 is 0 Å². The molecule has 4 aromatic rings. The van der Waals surface area contributed by atoms with Gasteiger partial charge in [-0.1, -0.05) is 30.3 Å². The molecule has 6 heteroatoms. The van der Waals surface area contributed by atoms with Crippen LogP contribution in [-0.2, 0) is 24.7 Å². The summed E-state index contributed by atoms with van der Waals surface area (Å²) in [5.74, 6) is -0.844. The molecular formula is C28H27N3O3. The van der Waals surface area contributed by atoms with E-state index in [9.17, 15) is 4.79 Å². The van der Waals surface area contributed by atoms with Crippen LogP contribution in [0.4, 0.5) is 0 Å². The fraction of sp³-hybridized carbons (Fsp3) is 0.214. The van der Waals surface area contributed by atoms with Crippen molar-refractivity contribution in [1.29, 1.82) is 0 Å². The number of rotatable bonds is 5. The maximum absolute atomic E-state index is 13.4. The Labute approximate surface area is 211 Å². The lowest BCUT2D eigenvalue weighted by Gasteiger charge is -2.28. The van der Waals surface area contributed by atoms with Crippen LogP contribution in [0.1, 0.15) is 29.0 Å². The summed E-state index contributed by atoms with van der Waals surface area (Å²) >= 11 is 0. The van der Waals surface area contributed by atoms with Crippen LogP contribution in [0, 0.1) is 0 Å². The minimum Gasteiger partial charge on any atom is -0.493 e. The molecule has 0 fully saturated rings. The lowest BCUT2D eigenvalue weighted by Crippen LogP contribution is -2.34. The number of ether oxygens (including phenoxy) is 2. The molecule has 0 atom stereocenters. The molecule has 1 aliphatic heterocycles. The van der Waals surface area contributed by atoms with Gasteiger partial charge in [-0.05, 0) is 53.5 Å². The molecule has 2 aromatic heterocycles. The fourth-order valence-corrected chi connectivity index (χ4v) is 4.36. The van der Waals surface area contributed by atoms with Gasteiger partial charge in [-0.25, -0.2) is 4.98 Å². The molecule has 0 saturated heterocycles. The summed E-state index contributed by atoms with van der Waals surface area (Å²) in [5, 5.41) is 0.568. The predicted molar refractivity (Wildman–Crippen MR) is 134 cm³/mol. The van der Waals surface area contributed by atoms with Crippen molar-refractivity contribution in [3.05, 3.63) is 83.6 Å². The molecule has 0 bridgehead atoms. The van der Waals surface area contributed by atoms with Crippen molar-refractivity contribution in [3.63, 3.8) is 0 Å². The quantitative estimate of drug-likeness (QED) is 0.398. The topological polar surface area (TPSA) is 56.6 Å². The van der Waals surface area contributed by atoms with Crippen LogP contribution >= 0.6 is 0 Å². The van der Waals surface area contributed by atoms with Gasteiger partial charge in [0.05, 0.1) is 28.0 Å². The number of fused-ring (bicyclic) bond motifs is 2. The summed E-state index contributed by atoms with van der Waals surface area (Å²) in [6.45, 7) is -2.14. The number of hydrogen-bond acceptors (Lipinski definition) is 4. The first kappa shape index (κ1) is 13.6. The van der Waals surface area contributed by atoms with Crippen molar-refractivity contribution in [1.82, 2.24) is 14.5 Å². The summed E-state index contributed by atoms with van der Waals surface area (Å²) < 4.78 is 80.5. The molecule has 172 valence electrons. The average Bonchev–Trinajstić information content (AvgIpc) is 3.25. The third-order valence-corrected chi connectivity index (χ3v) is 6.02. The molecule has 1 amide bonds. The third kappa shape index (κ3) is 3.81. The average molecular weight is 463 g/mol. The molecule has 1 aliphatic rings. The maximum Gasteiger partial charge on any atom is 0.246 e. The van der Waals surface area contributed by atoms with Crippen LogP contribution in [0.5, 0.6) is 11.5 Å². The third-order valence-electron chi connectivity index (χ3n) is 6.02. The fourth-order valence-electron chi connectivity index (χ4n) is 4.36. The highest BCUT2D eigenvalue weighted by Crippen LogP contribution is 2.35. The van der Waals surface area contributed by atoms with E-state index in [0.29, 0.717) is 46.3 Å². The van der Waals surface area contributed by atoms with Gasteiger partial charge in [0.1, 0.15) is 5.65 Å². The van der Waals surface area contributed by atoms with Crippen molar-refractivity contribution in [2.45, 2.75) is 13.0 Å². The zero-order chi connectivity index (χ0) is 31.2. The molecule has 5 rings (SSSR count). The second-order valence-electron chi connectivity index (χ2n) is 7.95. The number of benzene rings is 2. The first-order chi connectivity index (χ1) is 20.1. The van der Waals surface area contributed by atoms with Crippen LogP contribution < -0.4 is 9.47 Å². The minimum absolute atomic E-state index is 0.105. The van der Waals surface area contributed by atoms with Gasteiger partial charge in [0, 0.05) is 47.4 Å². The molecule has 6 nitrogen and oxygen atoms in total. The molecule has 2 aromatic carbocycles. The molecule has 0 saturated carbocycles. The normalized spacial score (nSPS) is 18.4. The number of pyridine rings is 1. The number of aryl methyl sites for hydroxylation is 1. The van der Waals surface area contributed by atoms with Crippen molar-refractivity contribution in [2.24, 2.45) is 6.98 Å². The Bertz CT molecular complexity index is 1690. The van der Waals surface area contributed by atoms with E-state index in [4.69, 9.17) is 21.8 Å². The van der Waals surface area contributed by atoms with Gasteiger partial charge in [-0.15, -0.1) is 0 Å². The number of nitrogens with zero attached hydrogens (tertiary/aromatic N) is 3. The van der Waals surface area contributed by atoms with E-state index in [-0.39, 0.29) is 29.6 Å². The van der Waals surface area contributed by atoms with Crippen LogP contribution in [0.2, 0.25) is 0 Å². The number of amides is 1. The Morgan fingerprint density at radius 3 is 2.62 bits per heavy atom. The highest BCUT2D eigenvalue weighted by Gasteiger charge is 2.22. The van der Waals surface area contributed by atoms with Gasteiger partial charge in [0.15, 0.2) is 11.5 Å². The maximum atomic E-state index is 13.4. The van der Waals surface area contributed by atoms with Gasteiger partial charge in [0.2, 0.25) is 5.91 Å².